The molecule has 112 valence electrons. The number of carbonyl (C=O) groups is 2. The van der Waals surface area contributed by atoms with Crippen LogP contribution in [0.5, 0.6) is 0 Å². The van der Waals surface area contributed by atoms with Crippen LogP contribution in [0.1, 0.15) is 44.2 Å². The summed E-state index contributed by atoms with van der Waals surface area (Å²) in [6.07, 6.45) is -0.520. The van der Waals surface area contributed by atoms with Crippen molar-refractivity contribution < 1.29 is 23.6 Å². The highest BCUT2D eigenvalue weighted by molar-refractivity contribution is 5.84. The molecule has 8 heteroatoms. The summed E-state index contributed by atoms with van der Waals surface area (Å²) in [5.74, 6) is -0.705. The third-order valence-electron chi connectivity index (χ3n) is 2.00. The maximum Gasteiger partial charge on any atom is 0.410 e. The number of rotatable bonds is 4. The molecule has 0 N–H and O–H groups in total. The molecular weight excluding hydrogens is 266 g/mol. The lowest BCUT2D eigenvalue weighted by molar-refractivity contribution is 0.0268. The highest BCUT2D eigenvalue weighted by Gasteiger charge is 2.22. The van der Waals surface area contributed by atoms with Crippen LogP contribution in [0.15, 0.2) is 4.52 Å². The number of ether oxygens (including phenoxy) is 2. The lowest BCUT2D eigenvalue weighted by atomic mass is 10.2. The molecule has 1 aromatic heterocycles. The van der Waals surface area contributed by atoms with Crippen molar-refractivity contribution in [2.75, 3.05) is 13.7 Å². The Balaban J connectivity index is 2.60. The highest BCUT2D eigenvalue weighted by Crippen LogP contribution is 2.11. The van der Waals surface area contributed by atoms with Crippen LogP contribution in [-0.4, -0.2) is 46.4 Å². The maximum atomic E-state index is 11.7. The Labute approximate surface area is 117 Å². The summed E-state index contributed by atoms with van der Waals surface area (Å²) in [6.45, 7) is 7.25. The van der Waals surface area contributed by atoms with E-state index < -0.39 is 17.7 Å². The molecule has 0 radical (unpaired) electrons. The van der Waals surface area contributed by atoms with Crippen LogP contribution in [0.25, 0.3) is 0 Å². The van der Waals surface area contributed by atoms with Gasteiger partial charge in [0.1, 0.15) is 12.1 Å². The number of esters is 1. The second-order valence-electron chi connectivity index (χ2n) is 5.07. The minimum atomic E-state index is -0.664. The van der Waals surface area contributed by atoms with Gasteiger partial charge in [0, 0.05) is 7.05 Å². The molecule has 0 spiro atoms. The lowest BCUT2D eigenvalue weighted by Crippen LogP contribution is -2.33. The van der Waals surface area contributed by atoms with Gasteiger partial charge in [0.15, 0.2) is 0 Å². The van der Waals surface area contributed by atoms with Crippen LogP contribution < -0.4 is 0 Å². The fraction of sp³-hybridized carbons (Fsp3) is 0.667. The minimum absolute atomic E-state index is 0.0430. The summed E-state index contributed by atoms with van der Waals surface area (Å²) in [4.78, 5) is 28.2. The average Bonchev–Trinajstić information content (AvgIpc) is 2.75. The van der Waals surface area contributed by atoms with Gasteiger partial charge in [0.05, 0.1) is 6.61 Å². The molecule has 20 heavy (non-hydrogen) atoms. The third kappa shape index (κ3) is 4.87. The van der Waals surface area contributed by atoms with E-state index >= 15 is 0 Å². The van der Waals surface area contributed by atoms with E-state index in [1.54, 1.807) is 27.7 Å². The predicted molar refractivity (Wildman–Crippen MR) is 68.0 cm³/mol. The van der Waals surface area contributed by atoms with E-state index in [2.05, 4.69) is 10.1 Å². The van der Waals surface area contributed by atoms with Crippen molar-refractivity contribution in [1.82, 2.24) is 15.0 Å². The van der Waals surface area contributed by atoms with Gasteiger partial charge in [-0.1, -0.05) is 0 Å². The number of hydrogen-bond donors (Lipinski definition) is 0. The van der Waals surface area contributed by atoms with Crippen molar-refractivity contribution >= 4 is 12.1 Å². The number of nitrogens with zero attached hydrogens (tertiary/aromatic N) is 3. The molecule has 0 bridgehead atoms. The number of carbonyl (C=O) groups excluding carboxylic acids is 2. The van der Waals surface area contributed by atoms with Crippen molar-refractivity contribution in [1.29, 1.82) is 0 Å². The van der Waals surface area contributed by atoms with Crippen molar-refractivity contribution in [2.45, 2.75) is 39.8 Å². The minimum Gasteiger partial charge on any atom is -0.460 e. The molecule has 0 aliphatic heterocycles. The van der Waals surface area contributed by atoms with Crippen molar-refractivity contribution in [3.05, 3.63) is 11.7 Å². The molecule has 0 fully saturated rings. The van der Waals surface area contributed by atoms with Gasteiger partial charge in [0.25, 0.3) is 5.82 Å². The van der Waals surface area contributed by atoms with Gasteiger partial charge >= 0.3 is 12.1 Å². The molecule has 0 saturated heterocycles. The van der Waals surface area contributed by atoms with Gasteiger partial charge < -0.3 is 18.9 Å². The van der Waals surface area contributed by atoms with Gasteiger partial charge in [-0.3, -0.25) is 0 Å². The molecule has 0 aliphatic rings. The second kappa shape index (κ2) is 6.36. The lowest BCUT2D eigenvalue weighted by Gasteiger charge is -2.23. The first-order valence-corrected chi connectivity index (χ1v) is 6.16. The summed E-state index contributed by atoms with van der Waals surface area (Å²) in [6, 6.07) is 0. The zero-order valence-corrected chi connectivity index (χ0v) is 12.3. The molecule has 1 aromatic rings. The highest BCUT2D eigenvalue weighted by atomic mass is 16.6. The van der Waals surface area contributed by atoms with E-state index in [-0.39, 0.29) is 24.9 Å². The fourth-order valence-corrected chi connectivity index (χ4v) is 1.20. The van der Waals surface area contributed by atoms with E-state index in [4.69, 9.17) is 14.0 Å². The Kier molecular flexibility index (Phi) is 5.06. The first-order valence-electron chi connectivity index (χ1n) is 6.16. The van der Waals surface area contributed by atoms with Crippen LogP contribution in [-0.2, 0) is 16.0 Å². The van der Waals surface area contributed by atoms with Crippen LogP contribution >= 0.6 is 0 Å². The zero-order valence-electron chi connectivity index (χ0n) is 12.3. The largest absolute Gasteiger partial charge is 0.460 e. The standard InChI is InChI=1S/C12H19N3O5/c1-6-18-10(16)9-13-8(20-14-9)7-15(5)11(17)19-12(2,3)4/h6-7H2,1-5H3. The molecule has 1 heterocycles. The van der Waals surface area contributed by atoms with Gasteiger partial charge in [-0.05, 0) is 32.9 Å². The molecule has 0 aromatic carbocycles. The van der Waals surface area contributed by atoms with Crippen molar-refractivity contribution in [3.63, 3.8) is 0 Å². The maximum absolute atomic E-state index is 11.7. The van der Waals surface area contributed by atoms with Crippen molar-refractivity contribution in [3.8, 4) is 0 Å². The predicted octanol–water partition coefficient (Wildman–Crippen LogP) is 1.61. The van der Waals surface area contributed by atoms with Crippen LogP contribution in [0.2, 0.25) is 0 Å². The number of amides is 1. The van der Waals surface area contributed by atoms with Crippen molar-refractivity contribution in [2.24, 2.45) is 0 Å². The van der Waals surface area contributed by atoms with Gasteiger partial charge in [0.2, 0.25) is 5.89 Å². The van der Waals surface area contributed by atoms with Gasteiger partial charge in [-0.15, -0.1) is 0 Å². The number of hydrogen-bond acceptors (Lipinski definition) is 7. The van der Waals surface area contributed by atoms with E-state index in [0.29, 0.717) is 0 Å². The van der Waals surface area contributed by atoms with E-state index in [1.165, 1.54) is 11.9 Å². The topological polar surface area (TPSA) is 94.8 Å². The Bertz CT molecular complexity index is 478. The molecular formula is C12H19N3O5. The Morgan fingerprint density at radius 2 is 2.00 bits per heavy atom. The molecule has 0 atom stereocenters. The van der Waals surface area contributed by atoms with Crippen LogP contribution in [0, 0.1) is 0 Å². The molecule has 0 saturated carbocycles. The zero-order chi connectivity index (χ0) is 15.3. The molecule has 8 nitrogen and oxygen atoms in total. The first kappa shape index (κ1) is 15.9. The van der Waals surface area contributed by atoms with Gasteiger partial charge in [-0.25, -0.2) is 9.59 Å². The number of aromatic nitrogens is 2. The van der Waals surface area contributed by atoms with E-state index in [9.17, 15) is 9.59 Å². The Hall–Kier alpha value is -2.12. The Morgan fingerprint density at radius 1 is 1.35 bits per heavy atom. The normalized spacial score (nSPS) is 11.1. The molecule has 1 amide bonds. The summed E-state index contributed by atoms with van der Waals surface area (Å²) >= 11 is 0. The second-order valence-corrected chi connectivity index (χ2v) is 5.07. The smallest absolute Gasteiger partial charge is 0.410 e. The average molecular weight is 285 g/mol. The molecule has 1 rings (SSSR count). The summed E-state index contributed by atoms with van der Waals surface area (Å²) in [5, 5.41) is 3.48. The summed E-state index contributed by atoms with van der Waals surface area (Å²) in [7, 11) is 1.53. The first-order chi connectivity index (χ1) is 9.23. The van der Waals surface area contributed by atoms with Crippen LogP contribution in [0.3, 0.4) is 0 Å². The van der Waals surface area contributed by atoms with E-state index in [1.807, 2.05) is 0 Å². The van der Waals surface area contributed by atoms with Crippen LogP contribution in [0.4, 0.5) is 4.79 Å². The Morgan fingerprint density at radius 3 is 2.55 bits per heavy atom. The third-order valence-corrected chi connectivity index (χ3v) is 2.00. The fourth-order valence-electron chi connectivity index (χ4n) is 1.20. The molecule has 0 unspecified atom stereocenters. The van der Waals surface area contributed by atoms with E-state index in [0.717, 1.165) is 0 Å². The SMILES string of the molecule is CCOC(=O)c1noc(CN(C)C(=O)OC(C)(C)C)n1. The quantitative estimate of drug-likeness (QED) is 0.775. The monoisotopic (exact) mass is 285 g/mol. The summed E-state index contributed by atoms with van der Waals surface area (Å²) in [5.41, 5.74) is -0.587. The molecule has 0 aliphatic carbocycles. The van der Waals surface area contributed by atoms with Gasteiger partial charge in [-0.2, -0.15) is 4.98 Å². The summed E-state index contributed by atoms with van der Waals surface area (Å²) < 4.78 is 14.8.